The number of hydrogen-bond donors (Lipinski definition) is 1. The van der Waals surface area contributed by atoms with Crippen molar-refractivity contribution in [3.8, 4) is 0 Å². The highest BCUT2D eigenvalue weighted by Crippen LogP contribution is 2.18. The monoisotopic (exact) mass is 409 g/mol. The zero-order chi connectivity index (χ0) is 20.2. The minimum Gasteiger partial charge on any atom is -0.472 e. The molecule has 1 aliphatic heterocycles. The molecule has 3 aromatic rings. The van der Waals surface area contributed by atoms with E-state index >= 15 is 0 Å². The molecule has 29 heavy (non-hydrogen) atoms. The molecule has 0 saturated carbocycles. The number of furan rings is 1. The average Bonchev–Trinajstić information content (AvgIpc) is 3.27. The molecule has 0 atom stereocenters. The van der Waals surface area contributed by atoms with Gasteiger partial charge in [0.25, 0.3) is 5.91 Å². The van der Waals surface area contributed by atoms with E-state index in [-0.39, 0.29) is 17.9 Å². The normalized spacial score (nSPS) is 15.1. The van der Waals surface area contributed by atoms with E-state index in [1.807, 2.05) is 24.3 Å². The first-order valence-electron chi connectivity index (χ1n) is 9.45. The summed E-state index contributed by atoms with van der Waals surface area (Å²) in [4.78, 5) is 30.9. The second-order valence-corrected chi connectivity index (χ2v) is 7.43. The third-order valence-electron chi connectivity index (χ3n) is 4.98. The van der Waals surface area contributed by atoms with Gasteiger partial charge in [0.1, 0.15) is 6.26 Å². The maximum Gasteiger partial charge on any atom is 0.257 e. The van der Waals surface area contributed by atoms with Crippen LogP contribution in [0, 0.1) is 0 Å². The number of rotatable bonds is 4. The zero-order valence-electron chi connectivity index (χ0n) is 15.7. The van der Waals surface area contributed by atoms with Crippen molar-refractivity contribution >= 4 is 40.4 Å². The number of pyridine rings is 1. The summed E-state index contributed by atoms with van der Waals surface area (Å²) in [6.07, 6.45) is 7.56. The molecule has 0 unspecified atom stereocenters. The Morgan fingerprint density at radius 1 is 1.17 bits per heavy atom. The van der Waals surface area contributed by atoms with Crippen LogP contribution in [0.4, 0.5) is 0 Å². The van der Waals surface area contributed by atoms with Gasteiger partial charge in [-0.2, -0.15) is 0 Å². The molecule has 148 valence electrons. The van der Waals surface area contributed by atoms with Gasteiger partial charge in [0, 0.05) is 35.6 Å². The molecule has 0 spiro atoms. The van der Waals surface area contributed by atoms with Crippen molar-refractivity contribution in [1.29, 1.82) is 0 Å². The van der Waals surface area contributed by atoms with Crippen LogP contribution in [0.2, 0.25) is 5.02 Å². The van der Waals surface area contributed by atoms with Crippen LogP contribution in [-0.4, -0.2) is 40.8 Å². The molecular weight excluding hydrogens is 390 g/mol. The second-order valence-electron chi connectivity index (χ2n) is 6.99. The topological polar surface area (TPSA) is 75.4 Å². The number of halogens is 1. The lowest BCUT2D eigenvalue weighted by molar-refractivity contribution is -0.117. The summed E-state index contributed by atoms with van der Waals surface area (Å²) in [5.74, 6) is -0.205. The Bertz CT molecular complexity index is 1050. The first-order chi connectivity index (χ1) is 14.1. The van der Waals surface area contributed by atoms with Crippen LogP contribution in [0.1, 0.15) is 28.9 Å². The van der Waals surface area contributed by atoms with Gasteiger partial charge in [0.2, 0.25) is 5.91 Å². The molecule has 4 rings (SSSR count). The van der Waals surface area contributed by atoms with Crippen LogP contribution in [0.3, 0.4) is 0 Å². The van der Waals surface area contributed by atoms with Crippen molar-refractivity contribution in [3.63, 3.8) is 0 Å². The fraction of sp³-hybridized carbons (Fsp3) is 0.227. The van der Waals surface area contributed by atoms with Crippen molar-refractivity contribution in [3.05, 3.63) is 71.3 Å². The van der Waals surface area contributed by atoms with Crippen LogP contribution in [0.15, 0.2) is 59.4 Å². The Labute approximate surface area is 173 Å². The fourth-order valence-corrected chi connectivity index (χ4v) is 3.57. The minimum absolute atomic E-state index is 0.0362. The van der Waals surface area contributed by atoms with Crippen LogP contribution in [-0.2, 0) is 4.79 Å². The molecule has 2 aromatic heterocycles. The maximum absolute atomic E-state index is 12.3. The van der Waals surface area contributed by atoms with E-state index in [0.29, 0.717) is 29.4 Å². The van der Waals surface area contributed by atoms with Gasteiger partial charge in [-0.25, -0.2) is 4.98 Å². The SMILES string of the molecule is O=C(/C=C/c1ccc2ccc(Cl)cc2n1)NC1CCN(C(=O)c2ccoc2)CC1. The molecular formula is C22H20ClN3O3. The summed E-state index contributed by atoms with van der Waals surface area (Å²) in [6.45, 7) is 1.21. The number of benzene rings is 1. The number of aromatic nitrogens is 1. The predicted molar refractivity (Wildman–Crippen MR) is 112 cm³/mol. The molecule has 0 bridgehead atoms. The maximum atomic E-state index is 12.3. The number of hydrogen-bond acceptors (Lipinski definition) is 4. The van der Waals surface area contributed by atoms with Crippen LogP contribution in [0.25, 0.3) is 17.0 Å². The Hall–Kier alpha value is -3.12. The molecule has 1 fully saturated rings. The van der Waals surface area contributed by atoms with Gasteiger partial charge in [-0.3, -0.25) is 9.59 Å². The average molecular weight is 410 g/mol. The van der Waals surface area contributed by atoms with E-state index < -0.39 is 0 Å². The van der Waals surface area contributed by atoms with Crippen molar-refractivity contribution in [1.82, 2.24) is 15.2 Å². The minimum atomic E-state index is -0.169. The molecule has 2 amide bonds. The lowest BCUT2D eigenvalue weighted by Gasteiger charge is -2.32. The highest BCUT2D eigenvalue weighted by atomic mass is 35.5. The van der Waals surface area contributed by atoms with Gasteiger partial charge in [0.05, 0.1) is 23.0 Å². The molecule has 0 radical (unpaired) electrons. The van der Waals surface area contributed by atoms with Crippen molar-refractivity contribution < 1.29 is 14.0 Å². The molecule has 1 aromatic carbocycles. The number of likely N-dealkylation sites (tertiary alicyclic amines) is 1. The number of fused-ring (bicyclic) bond motifs is 1. The third kappa shape index (κ3) is 4.66. The van der Waals surface area contributed by atoms with Gasteiger partial charge < -0.3 is 14.6 Å². The van der Waals surface area contributed by atoms with Gasteiger partial charge in [-0.15, -0.1) is 0 Å². The number of amides is 2. The number of nitrogens with one attached hydrogen (secondary N) is 1. The van der Waals surface area contributed by atoms with Crippen molar-refractivity contribution in [2.45, 2.75) is 18.9 Å². The first kappa shape index (κ1) is 19.2. The van der Waals surface area contributed by atoms with Gasteiger partial charge in [-0.05, 0) is 43.2 Å². The van der Waals surface area contributed by atoms with Crippen molar-refractivity contribution in [2.24, 2.45) is 0 Å². The molecule has 3 heterocycles. The molecule has 7 heteroatoms. The number of piperidine rings is 1. The second kappa shape index (κ2) is 8.49. The third-order valence-corrected chi connectivity index (χ3v) is 5.21. The molecule has 1 aliphatic rings. The summed E-state index contributed by atoms with van der Waals surface area (Å²) >= 11 is 6.01. The lowest BCUT2D eigenvalue weighted by Crippen LogP contribution is -2.46. The van der Waals surface area contributed by atoms with Gasteiger partial charge >= 0.3 is 0 Å². The smallest absolute Gasteiger partial charge is 0.257 e. The zero-order valence-corrected chi connectivity index (χ0v) is 16.4. The molecule has 0 aliphatic carbocycles. The van der Waals surface area contributed by atoms with Gasteiger partial charge in [0.15, 0.2) is 0 Å². The molecule has 1 saturated heterocycles. The summed E-state index contributed by atoms with van der Waals surface area (Å²) in [7, 11) is 0. The van der Waals surface area contributed by atoms with E-state index in [2.05, 4.69) is 10.3 Å². The Morgan fingerprint density at radius 2 is 1.97 bits per heavy atom. The van der Waals surface area contributed by atoms with Crippen LogP contribution >= 0.6 is 11.6 Å². The number of carbonyl (C=O) groups is 2. The summed E-state index contributed by atoms with van der Waals surface area (Å²) < 4.78 is 4.97. The summed E-state index contributed by atoms with van der Waals surface area (Å²) in [6, 6.07) is 11.0. The highest BCUT2D eigenvalue weighted by Gasteiger charge is 2.24. The van der Waals surface area contributed by atoms with Crippen LogP contribution in [0.5, 0.6) is 0 Å². The molecule has 1 N–H and O–H groups in total. The number of carbonyl (C=O) groups excluding carboxylic acids is 2. The van der Waals surface area contributed by atoms with E-state index in [9.17, 15) is 9.59 Å². The predicted octanol–water partition coefficient (Wildman–Crippen LogP) is 3.92. The standard InChI is InChI=1S/C22H20ClN3O3/c23-17-3-1-15-2-4-18(24-20(15)13-17)5-6-21(27)25-19-7-10-26(11-8-19)22(28)16-9-12-29-14-16/h1-6,9,12-14,19H,7-8,10-11H2,(H,25,27)/b6-5+. The van der Waals surface area contributed by atoms with E-state index in [0.717, 1.165) is 23.7 Å². The lowest BCUT2D eigenvalue weighted by atomic mass is 10.0. The Balaban J connectivity index is 1.30. The van der Waals surface area contributed by atoms with E-state index in [1.54, 1.807) is 23.1 Å². The van der Waals surface area contributed by atoms with Crippen molar-refractivity contribution in [2.75, 3.05) is 13.1 Å². The van der Waals surface area contributed by atoms with Crippen LogP contribution < -0.4 is 5.32 Å². The van der Waals surface area contributed by atoms with Gasteiger partial charge in [-0.1, -0.05) is 23.7 Å². The quantitative estimate of drug-likeness (QED) is 0.663. The fourth-order valence-electron chi connectivity index (χ4n) is 3.40. The largest absolute Gasteiger partial charge is 0.472 e. The summed E-state index contributed by atoms with van der Waals surface area (Å²) in [5, 5.41) is 4.62. The van der Waals surface area contributed by atoms with E-state index in [1.165, 1.54) is 18.6 Å². The summed E-state index contributed by atoms with van der Waals surface area (Å²) in [5.41, 5.74) is 2.03. The molecule has 6 nitrogen and oxygen atoms in total. The highest BCUT2D eigenvalue weighted by molar-refractivity contribution is 6.31. The Morgan fingerprint density at radius 3 is 2.72 bits per heavy atom. The Kier molecular flexibility index (Phi) is 5.62. The van der Waals surface area contributed by atoms with E-state index in [4.69, 9.17) is 16.0 Å². The number of nitrogens with zero attached hydrogens (tertiary/aromatic N) is 2. The first-order valence-corrected chi connectivity index (χ1v) is 9.83.